The molecule has 178 valence electrons. The van der Waals surface area contributed by atoms with Crippen LogP contribution in [0.25, 0.3) is 0 Å². The molecule has 0 bridgehead atoms. The molecule has 4 aromatic rings. The van der Waals surface area contributed by atoms with E-state index in [-0.39, 0.29) is 30.6 Å². The van der Waals surface area contributed by atoms with E-state index in [2.05, 4.69) is 15.6 Å². The number of hydrogen-bond acceptors (Lipinski definition) is 4. The Balaban J connectivity index is 1.27. The Morgan fingerprint density at radius 2 is 1.57 bits per heavy atom. The summed E-state index contributed by atoms with van der Waals surface area (Å²) in [6.07, 6.45) is 3.54. The van der Waals surface area contributed by atoms with E-state index in [1.165, 1.54) is 12.1 Å². The third kappa shape index (κ3) is 6.77. The molecule has 8 heteroatoms. The maximum absolute atomic E-state index is 13.0. The lowest BCUT2D eigenvalue weighted by molar-refractivity contribution is -0.115. The van der Waals surface area contributed by atoms with Gasteiger partial charge in [-0.25, -0.2) is 9.37 Å². The van der Waals surface area contributed by atoms with Crippen LogP contribution in [0.15, 0.2) is 85.3 Å². The van der Waals surface area contributed by atoms with Crippen molar-refractivity contribution in [2.45, 2.75) is 19.5 Å². The number of rotatable bonds is 9. The van der Waals surface area contributed by atoms with E-state index in [4.69, 9.17) is 4.74 Å². The lowest BCUT2D eigenvalue weighted by Crippen LogP contribution is -2.23. The van der Waals surface area contributed by atoms with Crippen molar-refractivity contribution in [1.82, 2.24) is 14.9 Å². The van der Waals surface area contributed by atoms with Crippen LogP contribution in [0, 0.1) is 5.82 Å². The number of benzene rings is 3. The van der Waals surface area contributed by atoms with Crippen LogP contribution in [0.2, 0.25) is 0 Å². The largest absolute Gasteiger partial charge is 0.497 e. The standard InChI is InChI=1S/C27H25FN4O3/c1-35-24-12-6-19(7-13-24)14-26(33)31-23-10-4-21(5-11-23)16-32-17-25(30-18-32)27(34)29-15-20-2-8-22(28)9-3-20/h2-13,17-18H,14-16H2,1H3,(H,29,34)(H,31,33). The summed E-state index contributed by atoms with van der Waals surface area (Å²) in [6, 6.07) is 20.9. The average Bonchev–Trinajstić information content (AvgIpc) is 3.34. The van der Waals surface area contributed by atoms with E-state index in [0.29, 0.717) is 17.9 Å². The number of carbonyl (C=O) groups excluding carboxylic acids is 2. The molecule has 1 aromatic heterocycles. The second-order valence-electron chi connectivity index (χ2n) is 8.01. The zero-order valence-corrected chi connectivity index (χ0v) is 19.2. The van der Waals surface area contributed by atoms with Gasteiger partial charge in [-0.3, -0.25) is 9.59 Å². The molecule has 0 radical (unpaired) electrons. The minimum atomic E-state index is -0.317. The number of nitrogens with zero attached hydrogens (tertiary/aromatic N) is 2. The van der Waals surface area contributed by atoms with Gasteiger partial charge in [-0.15, -0.1) is 0 Å². The fourth-order valence-electron chi connectivity index (χ4n) is 3.48. The van der Waals surface area contributed by atoms with Crippen molar-refractivity contribution in [2.24, 2.45) is 0 Å². The van der Waals surface area contributed by atoms with Crippen molar-refractivity contribution < 1.29 is 18.7 Å². The van der Waals surface area contributed by atoms with Crippen molar-refractivity contribution >= 4 is 17.5 Å². The maximum Gasteiger partial charge on any atom is 0.271 e. The van der Waals surface area contributed by atoms with Gasteiger partial charge in [0.2, 0.25) is 5.91 Å². The number of aromatic nitrogens is 2. The molecule has 1 heterocycles. The highest BCUT2D eigenvalue weighted by Crippen LogP contribution is 2.14. The molecule has 2 amide bonds. The Morgan fingerprint density at radius 1 is 0.914 bits per heavy atom. The highest BCUT2D eigenvalue weighted by Gasteiger charge is 2.10. The lowest BCUT2D eigenvalue weighted by Gasteiger charge is -2.08. The number of ether oxygens (including phenoxy) is 1. The van der Waals surface area contributed by atoms with Gasteiger partial charge in [-0.2, -0.15) is 0 Å². The highest BCUT2D eigenvalue weighted by molar-refractivity contribution is 5.92. The van der Waals surface area contributed by atoms with Crippen molar-refractivity contribution in [3.05, 3.63) is 114 Å². The van der Waals surface area contributed by atoms with Crippen LogP contribution >= 0.6 is 0 Å². The second kappa shape index (κ2) is 11.1. The van der Waals surface area contributed by atoms with Crippen LogP contribution < -0.4 is 15.4 Å². The van der Waals surface area contributed by atoms with E-state index in [0.717, 1.165) is 22.4 Å². The van der Waals surface area contributed by atoms with Gasteiger partial charge in [0.25, 0.3) is 5.91 Å². The van der Waals surface area contributed by atoms with Crippen LogP contribution in [0.3, 0.4) is 0 Å². The first kappa shape index (κ1) is 23.7. The molecule has 35 heavy (non-hydrogen) atoms. The van der Waals surface area contributed by atoms with Crippen molar-refractivity contribution in [1.29, 1.82) is 0 Å². The molecule has 0 aliphatic carbocycles. The van der Waals surface area contributed by atoms with Gasteiger partial charge >= 0.3 is 0 Å². The molecule has 0 saturated carbocycles. The van der Waals surface area contributed by atoms with Gasteiger partial charge < -0.3 is 19.9 Å². The molecule has 3 aromatic carbocycles. The number of nitrogens with one attached hydrogen (secondary N) is 2. The molecule has 0 unspecified atom stereocenters. The minimum Gasteiger partial charge on any atom is -0.497 e. The van der Waals surface area contributed by atoms with Crippen LogP contribution in [0.1, 0.15) is 27.2 Å². The monoisotopic (exact) mass is 472 g/mol. The predicted octanol–water partition coefficient (Wildman–Crippen LogP) is 4.19. The number of methoxy groups -OCH3 is 1. The predicted molar refractivity (Wildman–Crippen MR) is 131 cm³/mol. The molecule has 0 spiro atoms. The summed E-state index contributed by atoms with van der Waals surface area (Å²) in [5, 5.41) is 5.67. The second-order valence-corrected chi connectivity index (χ2v) is 8.01. The van der Waals surface area contributed by atoms with Gasteiger partial charge in [-0.05, 0) is 53.1 Å². The van der Waals surface area contributed by atoms with E-state index < -0.39 is 0 Å². The maximum atomic E-state index is 13.0. The quantitative estimate of drug-likeness (QED) is 0.383. The fraction of sp³-hybridized carbons (Fsp3) is 0.148. The zero-order chi connectivity index (χ0) is 24.6. The lowest BCUT2D eigenvalue weighted by atomic mass is 10.1. The Bertz CT molecular complexity index is 1280. The van der Waals surface area contributed by atoms with Crippen molar-refractivity contribution in [3.8, 4) is 5.75 Å². The van der Waals surface area contributed by atoms with E-state index in [1.54, 1.807) is 31.8 Å². The first-order chi connectivity index (χ1) is 17.0. The topological polar surface area (TPSA) is 85.2 Å². The minimum absolute atomic E-state index is 0.103. The molecule has 0 aliphatic rings. The number of hydrogen-bond donors (Lipinski definition) is 2. The third-order valence-electron chi connectivity index (χ3n) is 5.36. The molecule has 0 saturated heterocycles. The number of imidazole rings is 1. The number of anilines is 1. The van der Waals surface area contributed by atoms with Crippen molar-refractivity contribution in [2.75, 3.05) is 12.4 Å². The first-order valence-electron chi connectivity index (χ1n) is 11.0. The normalized spacial score (nSPS) is 10.6. The summed E-state index contributed by atoms with van der Waals surface area (Å²) in [5.74, 6) is 0.0278. The molecule has 0 fully saturated rings. The summed E-state index contributed by atoms with van der Waals surface area (Å²) in [6.45, 7) is 0.815. The van der Waals surface area contributed by atoms with Crippen LogP contribution in [-0.2, 0) is 24.3 Å². The van der Waals surface area contributed by atoms with Gasteiger partial charge in [0.05, 0.1) is 19.9 Å². The smallest absolute Gasteiger partial charge is 0.271 e. The third-order valence-corrected chi connectivity index (χ3v) is 5.36. The highest BCUT2D eigenvalue weighted by atomic mass is 19.1. The Morgan fingerprint density at radius 3 is 2.26 bits per heavy atom. The van der Waals surface area contributed by atoms with Gasteiger partial charge in [0, 0.05) is 25.0 Å². The molecular weight excluding hydrogens is 447 g/mol. The summed E-state index contributed by atoms with van der Waals surface area (Å²) in [7, 11) is 1.60. The summed E-state index contributed by atoms with van der Waals surface area (Å²) in [5.41, 5.74) is 3.70. The SMILES string of the molecule is COc1ccc(CC(=O)Nc2ccc(Cn3cnc(C(=O)NCc4ccc(F)cc4)c3)cc2)cc1. The van der Waals surface area contributed by atoms with Crippen molar-refractivity contribution in [3.63, 3.8) is 0 Å². The summed E-state index contributed by atoms with van der Waals surface area (Å²) >= 11 is 0. The first-order valence-corrected chi connectivity index (χ1v) is 11.0. The van der Waals surface area contributed by atoms with E-state index >= 15 is 0 Å². The Kier molecular flexibility index (Phi) is 7.52. The van der Waals surface area contributed by atoms with E-state index in [1.807, 2.05) is 53.1 Å². The van der Waals surface area contributed by atoms with Gasteiger partial charge in [-0.1, -0.05) is 36.4 Å². The van der Waals surface area contributed by atoms with Crippen LogP contribution in [0.5, 0.6) is 5.75 Å². The molecule has 0 atom stereocenters. The van der Waals surface area contributed by atoms with E-state index in [9.17, 15) is 14.0 Å². The molecule has 0 aliphatic heterocycles. The summed E-state index contributed by atoms with van der Waals surface area (Å²) < 4.78 is 19.9. The van der Waals surface area contributed by atoms with Crippen LogP contribution in [0.4, 0.5) is 10.1 Å². The Hall–Kier alpha value is -4.46. The van der Waals surface area contributed by atoms with Gasteiger partial charge in [0.1, 0.15) is 17.3 Å². The molecule has 2 N–H and O–H groups in total. The van der Waals surface area contributed by atoms with Gasteiger partial charge in [0.15, 0.2) is 0 Å². The molecule has 4 rings (SSSR count). The molecular formula is C27H25FN4O3. The number of carbonyl (C=O) groups is 2. The Labute approximate surface area is 202 Å². The zero-order valence-electron chi connectivity index (χ0n) is 19.2. The number of halogens is 1. The fourth-order valence-corrected chi connectivity index (χ4v) is 3.48. The van der Waals surface area contributed by atoms with Crippen LogP contribution in [-0.4, -0.2) is 28.5 Å². The summed E-state index contributed by atoms with van der Waals surface area (Å²) in [4.78, 5) is 28.9. The molecule has 7 nitrogen and oxygen atoms in total. The number of amides is 2. The average molecular weight is 473 g/mol.